The molecule has 1 aliphatic rings. The third kappa shape index (κ3) is 3.51. The number of rotatable bonds is 5. The zero-order valence-electron chi connectivity index (χ0n) is 11.3. The Balaban J connectivity index is 2.19. The summed E-state index contributed by atoms with van der Waals surface area (Å²) in [6.07, 6.45) is 2.27. The van der Waals surface area contributed by atoms with Crippen LogP contribution in [0.4, 0.5) is 8.78 Å². The second-order valence-corrected chi connectivity index (χ2v) is 5.31. The summed E-state index contributed by atoms with van der Waals surface area (Å²) in [5.41, 5.74) is -0.0111. The molecule has 106 valence electrons. The van der Waals surface area contributed by atoms with E-state index in [1.54, 1.807) is 0 Å². The van der Waals surface area contributed by atoms with Crippen LogP contribution >= 0.6 is 0 Å². The number of hydrogen-bond acceptors (Lipinski definition) is 2. The standard InChI is InChI=1S/C15H21F2NO/c1-2-18-10-15(7-4-8-19-11-15)9-12-13(16)5-3-6-14(12)17/h3,5-6,18H,2,4,7-11H2,1H3. The lowest BCUT2D eigenvalue weighted by atomic mass is 9.77. The Morgan fingerprint density at radius 2 is 2.05 bits per heavy atom. The Morgan fingerprint density at radius 3 is 2.63 bits per heavy atom. The predicted octanol–water partition coefficient (Wildman–Crippen LogP) is 2.91. The molecule has 4 heteroatoms. The molecular formula is C15H21F2NO. The topological polar surface area (TPSA) is 21.3 Å². The van der Waals surface area contributed by atoms with Crippen LogP contribution in [0.3, 0.4) is 0 Å². The summed E-state index contributed by atoms with van der Waals surface area (Å²) in [6.45, 7) is 4.92. The Labute approximate surface area is 113 Å². The molecule has 0 bridgehead atoms. The van der Waals surface area contributed by atoms with Crippen LogP contribution in [0, 0.1) is 17.0 Å². The SMILES string of the molecule is CCNCC1(Cc2c(F)cccc2F)CCCOC1. The van der Waals surface area contributed by atoms with Gasteiger partial charge in [0.15, 0.2) is 0 Å². The van der Waals surface area contributed by atoms with Gasteiger partial charge in [-0.3, -0.25) is 0 Å². The van der Waals surface area contributed by atoms with Gasteiger partial charge in [-0.2, -0.15) is 0 Å². The highest BCUT2D eigenvalue weighted by molar-refractivity contribution is 5.21. The lowest BCUT2D eigenvalue weighted by Gasteiger charge is -2.37. The van der Waals surface area contributed by atoms with Crippen LogP contribution in [0.15, 0.2) is 18.2 Å². The first-order valence-corrected chi connectivity index (χ1v) is 6.88. The van der Waals surface area contributed by atoms with Gasteiger partial charge in [-0.05, 0) is 37.9 Å². The molecule has 0 spiro atoms. The molecule has 1 fully saturated rings. The first-order chi connectivity index (χ1) is 9.17. The third-order valence-electron chi connectivity index (χ3n) is 3.77. The molecule has 1 aromatic rings. The second kappa shape index (κ2) is 6.44. The molecule has 0 aliphatic carbocycles. The molecule has 19 heavy (non-hydrogen) atoms. The van der Waals surface area contributed by atoms with Gasteiger partial charge in [0.25, 0.3) is 0 Å². The van der Waals surface area contributed by atoms with Gasteiger partial charge in [0, 0.05) is 24.1 Å². The maximum Gasteiger partial charge on any atom is 0.129 e. The van der Waals surface area contributed by atoms with Crippen molar-refractivity contribution in [2.24, 2.45) is 5.41 Å². The van der Waals surface area contributed by atoms with Crippen molar-refractivity contribution in [1.82, 2.24) is 5.32 Å². The summed E-state index contributed by atoms with van der Waals surface area (Å²) in [7, 11) is 0. The molecule has 0 radical (unpaired) electrons. The quantitative estimate of drug-likeness (QED) is 0.887. The van der Waals surface area contributed by atoms with Crippen LogP contribution in [-0.4, -0.2) is 26.3 Å². The van der Waals surface area contributed by atoms with Crippen molar-refractivity contribution in [3.63, 3.8) is 0 Å². The second-order valence-electron chi connectivity index (χ2n) is 5.31. The lowest BCUT2D eigenvalue weighted by molar-refractivity contribution is -0.00769. The van der Waals surface area contributed by atoms with E-state index in [1.165, 1.54) is 18.2 Å². The fourth-order valence-corrected chi connectivity index (χ4v) is 2.72. The van der Waals surface area contributed by atoms with Gasteiger partial charge in [0.1, 0.15) is 11.6 Å². The van der Waals surface area contributed by atoms with Crippen molar-refractivity contribution in [1.29, 1.82) is 0 Å². The highest BCUT2D eigenvalue weighted by Gasteiger charge is 2.34. The van der Waals surface area contributed by atoms with E-state index in [0.717, 1.165) is 32.5 Å². The Bertz CT molecular complexity index is 396. The van der Waals surface area contributed by atoms with Gasteiger partial charge in [-0.1, -0.05) is 13.0 Å². The zero-order chi connectivity index (χ0) is 13.7. The molecule has 0 aromatic heterocycles. The van der Waals surface area contributed by atoms with E-state index in [4.69, 9.17) is 4.74 Å². The number of halogens is 2. The molecule has 1 aliphatic heterocycles. The molecule has 1 heterocycles. The number of hydrogen-bond donors (Lipinski definition) is 1. The van der Waals surface area contributed by atoms with Crippen molar-refractivity contribution in [3.05, 3.63) is 35.4 Å². The minimum absolute atomic E-state index is 0.186. The molecule has 2 nitrogen and oxygen atoms in total. The van der Waals surface area contributed by atoms with Gasteiger partial charge < -0.3 is 10.1 Å². The van der Waals surface area contributed by atoms with Gasteiger partial charge in [-0.15, -0.1) is 0 Å². The van der Waals surface area contributed by atoms with Gasteiger partial charge in [0.05, 0.1) is 6.61 Å². The molecule has 1 unspecified atom stereocenters. The molecular weight excluding hydrogens is 248 g/mol. The van der Waals surface area contributed by atoms with E-state index < -0.39 is 11.6 Å². The average molecular weight is 269 g/mol. The van der Waals surface area contributed by atoms with Crippen LogP contribution in [0.1, 0.15) is 25.3 Å². The third-order valence-corrected chi connectivity index (χ3v) is 3.77. The van der Waals surface area contributed by atoms with Crippen LogP contribution in [-0.2, 0) is 11.2 Å². The minimum atomic E-state index is -0.457. The highest BCUT2D eigenvalue weighted by Crippen LogP contribution is 2.33. The van der Waals surface area contributed by atoms with E-state index in [1.807, 2.05) is 6.92 Å². The van der Waals surface area contributed by atoms with Crippen molar-refractivity contribution in [3.8, 4) is 0 Å². The summed E-state index contributed by atoms with van der Waals surface area (Å²) >= 11 is 0. The van der Waals surface area contributed by atoms with E-state index >= 15 is 0 Å². The minimum Gasteiger partial charge on any atom is -0.381 e. The molecule has 1 saturated heterocycles. The maximum absolute atomic E-state index is 13.8. The monoisotopic (exact) mass is 269 g/mol. The summed E-state index contributed by atoms with van der Waals surface area (Å²) in [4.78, 5) is 0. The number of benzene rings is 1. The molecule has 1 atom stereocenters. The Kier molecular flexibility index (Phi) is 4.88. The summed E-state index contributed by atoms with van der Waals surface area (Å²) < 4.78 is 33.1. The first-order valence-electron chi connectivity index (χ1n) is 6.88. The number of nitrogens with one attached hydrogen (secondary N) is 1. The van der Waals surface area contributed by atoms with Crippen molar-refractivity contribution in [2.75, 3.05) is 26.3 Å². The van der Waals surface area contributed by atoms with Crippen LogP contribution < -0.4 is 5.32 Å². The Hall–Kier alpha value is -1.00. The van der Waals surface area contributed by atoms with E-state index in [0.29, 0.717) is 13.0 Å². The lowest BCUT2D eigenvalue weighted by Crippen LogP contribution is -2.43. The fraction of sp³-hybridized carbons (Fsp3) is 0.600. The summed E-state index contributed by atoms with van der Waals surface area (Å²) in [6, 6.07) is 4.05. The van der Waals surface area contributed by atoms with Crippen molar-refractivity contribution < 1.29 is 13.5 Å². The van der Waals surface area contributed by atoms with Gasteiger partial charge in [0.2, 0.25) is 0 Å². The van der Waals surface area contributed by atoms with Crippen LogP contribution in [0.5, 0.6) is 0 Å². The van der Waals surface area contributed by atoms with Crippen LogP contribution in [0.2, 0.25) is 0 Å². The van der Waals surface area contributed by atoms with E-state index in [9.17, 15) is 8.78 Å². The van der Waals surface area contributed by atoms with Crippen LogP contribution in [0.25, 0.3) is 0 Å². The predicted molar refractivity (Wildman–Crippen MR) is 71.1 cm³/mol. The number of ether oxygens (including phenoxy) is 1. The maximum atomic E-state index is 13.8. The molecule has 1 N–H and O–H groups in total. The van der Waals surface area contributed by atoms with E-state index in [-0.39, 0.29) is 11.0 Å². The Morgan fingerprint density at radius 1 is 1.32 bits per heavy atom. The highest BCUT2D eigenvalue weighted by atomic mass is 19.1. The molecule has 2 rings (SSSR count). The van der Waals surface area contributed by atoms with Crippen molar-refractivity contribution in [2.45, 2.75) is 26.2 Å². The van der Waals surface area contributed by atoms with Crippen molar-refractivity contribution >= 4 is 0 Å². The average Bonchev–Trinajstić information content (AvgIpc) is 2.42. The van der Waals surface area contributed by atoms with E-state index in [2.05, 4.69) is 5.32 Å². The van der Waals surface area contributed by atoms with Gasteiger partial charge in [-0.25, -0.2) is 8.78 Å². The molecule has 1 aromatic carbocycles. The zero-order valence-corrected chi connectivity index (χ0v) is 11.3. The fourth-order valence-electron chi connectivity index (χ4n) is 2.72. The normalized spacial score (nSPS) is 23.5. The van der Waals surface area contributed by atoms with Gasteiger partial charge >= 0.3 is 0 Å². The largest absolute Gasteiger partial charge is 0.381 e. The smallest absolute Gasteiger partial charge is 0.129 e. The first kappa shape index (κ1) is 14.4. The molecule has 0 amide bonds. The summed E-state index contributed by atoms with van der Waals surface area (Å²) in [5.74, 6) is -0.914. The molecule has 0 saturated carbocycles. The summed E-state index contributed by atoms with van der Waals surface area (Å²) in [5, 5.41) is 3.29.